The average molecular weight is 403 g/mol. The van der Waals surface area contributed by atoms with Crippen molar-refractivity contribution in [1.29, 1.82) is 0 Å². The van der Waals surface area contributed by atoms with Gasteiger partial charge in [-0.25, -0.2) is 0 Å². The van der Waals surface area contributed by atoms with Crippen molar-refractivity contribution in [3.63, 3.8) is 0 Å². The molecule has 13 heavy (non-hydrogen) atoms. The van der Waals surface area contributed by atoms with Crippen molar-refractivity contribution in [2.24, 2.45) is 0 Å². The summed E-state index contributed by atoms with van der Waals surface area (Å²) in [5.74, 6) is 0. The summed E-state index contributed by atoms with van der Waals surface area (Å²) in [7, 11) is 0. The SMILES string of the molecule is Cc1cc(C)cc(C)c1.[BH4-].[BH4-].[BH4-].[U+3]. The van der Waals surface area contributed by atoms with E-state index in [1.54, 1.807) is 0 Å². The molecule has 0 aliphatic rings. The zero-order chi connectivity index (χ0) is 6.85. The molecule has 4 heteroatoms. The largest absolute Gasteiger partial charge is 3.00 e. The maximum absolute atomic E-state index is 2.19. The summed E-state index contributed by atoms with van der Waals surface area (Å²) < 4.78 is 0. The van der Waals surface area contributed by atoms with Crippen molar-refractivity contribution < 1.29 is 31.1 Å². The van der Waals surface area contributed by atoms with Crippen LogP contribution in [0.2, 0.25) is 0 Å². The van der Waals surface area contributed by atoms with Gasteiger partial charge in [0.1, 0.15) is 0 Å². The molecular formula is C9H24B3U. The molecule has 73 valence electrons. The Bertz CT molecular complexity index is 176. The fourth-order valence-electron chi connectivity index (χ4n) is 1.20. The molecule has 0 saturated carbocycles. The second-order valence-electron chi connectivity index (χ2n) is 2.67. The minimum Gasteiger partial charge on any atom is -0.0626 e. The summed E-state index contributed by atoms with van der Waals surface area (Å²) in [6.07, 6.45) is 0. The third kappa shape index (κ3) is 8.79. The van der Waals surface area contributed by atoms with E-state index in [1.165, 1.54) is 16.7 Å². The molecule has 0 nitrogen and oxygen atoms in total. The third-order valence-electron chi connectivity index (χ3n) is 1.37. The summed E-state index contributed by atoms with van der Waals surface area (Å²) in [5, 5.41) is 0. The fourth-order valence-corrected chi connectivity index (χ4v) is 1.20. The van der Waals surface area contributed by atoms with Gasteiger partial charge in [-0.15, -0.1) is 0 Å². The van der Waals surface area contributed by atoms with Crippen LogP contribution in [0.4, 0.5) is 0 Å². The van der Waals surface area contributed by atoms with E-state index < -0.39 is 0 Å². The molecule has 0 amide bonds. The standard InChI is InChI=1S/C9H12.3BH4.U/c1-7-4-8(2)6-9(3)5-7;;;;/h4-6H,1-3H3;3*1H4;/q;3*-1;+3. The van der Waals surface area contributed by atoms with Crippen LogP contribution in [0.1, 0.15) is 16.7 Å². The van der Waals surface area contributed by atoms with Crippen LogP contribution in [0.15, 0.2) is 18.2 Å². The van der Waals surface area contributed by atoms with E-state index in [1.807, 2.05) is 0 Å². The van der Waals surface area contributed by atoms with Crippen LogP contribution in [-0.2, 0) is 0 Å². The smallest absolute Gasteiger partial charge is 0.0626 e. The maximum atomic E-state index is 2.19. The van der Waals surface area contributed by atoms with Crippen molar-refractivity contribution in [2.45, 2.75) is 20.8 Å². The molecular weight excluding hydrogens is 379 g/mol. The molecule has 0 heterocycles. The third-order valence-corrected chi connectivity index (χ3v) is 1.37. The van der Waals surface area contributed by atoms with Gasteiger partial charge < -0.3 is 0 Å². The first-order valence-electron chi connectivity index (χ1n) is 3.23. The predicted molar refractivity (Wildman–Crippen MR) is 74.7 cm³/mol. The quantitative estimate of drug-likeness (QED) is 0.452. The van der Waals surface area contributed by atoms with Crippen LogP contribution in [0, 0.1) is 51.9 Å². The monoisotopic (exact) mass is 403 g/mol. The normalized spacial score (nSPS) is 6.69. The minimum absolute atomic E-state index is 0. The van der Waals surface area contributed by atoms with Gasteiger partial charge in [0.25, 0.3) is 0 Å². The van der Waals surface area contributed by atoms with Crippen LogP contribution in [0.5, 0.6) is 0 Å². The predicted octanol–water partition coefficient (Wildman–Crippen LogP) is -1.74. The first-order valence-corrected chi connectivity index (χ1v) is 3.23. The summed E-state index contributed by atoms with van der Waals surface area (Å²) in [6.45, 7) is 6.38. The van der Waals surface area contributed by atoms with Gasteiger partial charge in [-0.3, -0.25) is 0 Å². The zero-order valence-electron chi connectivity index (χ0n) is 6.73. The van der Waals surface area contributed by atoms with E-state index in [0.29, 0.717) is 0 Å². The van der Waals surface area contributed by atoms with E-state index in [2.05, 4.69) is 39.0 Å². The molecule has 0 atom stereocenters. The second-order valence-corrected chi connectivity index (χ2v) is 2.67. The van der Waals surface area contributed by atoms with Crippen molar-refractivity contribution in [3.8, 4) is 0 Å². The Morgan fingerprint density at radius 1 is 0.615 bits per heavy atom. The molecule has 0 aliphatic carbocycles. The first kappa shape index (κ1) is 23.4. The Morgan fingerprint density at radius 2 is 0.769 bits per heavy atom. The van der Waals surface area contributed by atoms with Gasteiger partial charge in [-0.05, 0) is 20.8 Å². The average Bonchev–Trinajstić information content (AvgIpc) is 1.59. The van der Waals surface area contributed by atoms with Gasteiger partial charge in [0, 0.05) is 0 Å². The van der Waals surface area contributed by atoms with Crippen LogP contribution in [0.25, 0.3) is 0 Å². The van der Waals surface area contributed by atoms with Crippen LogP contribution >= 0.6 is 0 Å². The van der Waals surface area contributed by atoms with Crippen LogP contribution < -0.4 is 0 Å². The summed E-state index contributed by atoms with van der Waals surface area (Å²) in [6, 6.07) is 6.56. The second kappa shape index (κ2) is 10.5. The van der Waals surface area contributed by atoms with Gasteiger partial charge in [-0.1, -0.05) is 60.1 Å². The first-order chi connectivity index (χ1) is 4.18. The summed E-state index contributed by atoms with van der Waals surface area (Å²) in [5.41, 5.74) is 4.06. The molecule has 1 radical (unpaired) electrons. The number of hydrogen-bond acceptors (Lipinski definition) is 0. The maximum Gasteiger partial charge on any atom is 3.00 e. The van der Waals surface area contributed by atoms with Gasteiger partial charge in [0.2, 0.25) is 0 Å². The Labute approximate surface area is 111 Å². The number of aryl methyl sites for hydroxylation is 3. The molecule has 0 saturated heterocycles. The number of rotatable bonds is 0. The molecule has 0 aliphatic heterocycles. The Kier molecular flexibility index (Phi) is 18.9. The van der Waals surface area contributed by atoms with E-state index >= 15 is 0 Å². The molecule has 0 unspecified atom stereocenters. The van der Waals surface area contributed by atoms with E-state index in [9.17, 15) is 0 Å². The Morgan fingerprint density at radius 3 is 0.923 bits per heavy atom. The van der Waals surface area contributed by atoms with E-state index in [0.717, 1.165) is 0 Å². The number of hydrogen-bond donors (Lipinski definition) is 0. The van der Waals surface area contributed by atoms with E-state index in [-0.39, 0.29) is 56.4 Å². The van der Waals surface area contributed by atoms with Gasteiger partial charge >= 0.3 is 31.1 Å². The molecule has 1 aromatic rings. The van der Waals surface area contributed by atoms with Crippen LogP contribution in [0.3, 0.4) is 0 Å². The Balaban J connectivity index is -0.000000101. The van der Waals surface area contributed by atoms with Crippen molar-refractivity contribution in [1.82, 2.24) is 0 Å². The Hall–Kier alpha value is 0.467. The zero-order valence-corrected chi connectivity index (χ0v) is 10.9. The van der Waals surface area contributed by atoms with Gasteiger partial charge in [0.15, 0.2) is 0 Å². The summed E-state index contributed by atoms with van der Waals surface area (Å²) >= 11 is 0. The molecule has 1 rings (SSSR count). The molecule has 0 N–H and O–H groups in total. The van der Waals surface area contributed by atoms with Crippen molar-refractivity contribution in [2.75, 3.05) is 0 Å². The molecule has 0 aromatic heterocycles. The van der Waals surface area contributed by atoms with Crippen molar-refractivity contribution in [3.05, 3.63) is 34.9 Å². The molecule has 1 aromatic carbocycles. The van der Waals surface area contributed by atoms with Gasteiger partial charge in [-0.2, -0.15) is 0 Å². The van der Waals surface area contributed by atoms with E-state index in [4.69, 9.17) is 0 Å². The molecule has 0 spiro atoms. The van der Waals surface area contributed by atoms with Crippen LogP contribution in [-0.4, -0.2) is 25.2 Å². The molecule has 0 bridgehead atoms. The number of benzene rings is 1. The minimum atomic E-state index is 0. The van der Waals surface area contributed by atoms with Crippen molar-refractivity contribution >= 4 is 25.2 Å². The summed E-state index contributed by atoms with van der Waals surface area (Å²) in [4.78, 5) is 0. The topological polar surface area (TPSA) is 0 Å². The van der Waals surface area contributed by atoms with Gasteiger partial charge in [0.05, 0.1) is 0 Å². The molecule has 0 fully saturated rings. The fraction of sp³-hybridized carbons (Fsp3) is 0.333.